The Labute approximate surface area is 90.8 Å². The largest absolute Gasteiger partial charge is 0.379 e. The maximum Gasteiger partial charge on any atom is 0.162 e. The van der Waals surface area contributed by atoms with Gasteiger partial charge in [-0.2, -0.15) is 0 Å². The molecule has 2 aliphatic heterocycles. The van der Waals surface area contributed by atoms with Crippen LogP contribution in [0.3, 0.4) is 0 Å². The van der Waals surface area contributed by atoms with Gasteiger partial charge in [0.15, 0.2) is 5.79 Å². The molecule has 0 aromatic carbocycles. The standard InChI is InChI=1S/C11H20O4/c1-11(2)14-5-9(6-15-11)3-4-12-7-10-8-13-10/h9-10H,3-8H2,1-2H3. The van der Waals surface area contributed by atoms with E-state index in [1.807, 2.05) is 13.8 Å². The maximum atomic E-state index is 5.57. The molecule has 15 heavy (non-hydrogen) atoms. The molecule has 0 bridgehead atoms. The van der Waals surface area contributed by atoms with Crippen molar-refractivity contribution in [1.82, 2.24) is 0 Å². The summed E-state index contributed by atoms with van der Waals surface area (Å²) < 4.78 is 21.7. The van der Waals surface area contributed by atoms with E-state index in [2.05, 4.69) is 0 Å². The van der Waals surface area contributed by atoms with Gasteiger partial charge in [-0.15, -0.1) is 0 Å². The normalized spacial score (nSPS) is 30.4. The molecule has 2 aliphatic rings. The zero-order valence-electron chi connectivity index (χ0n) is 9.53. The van der Waals surface area contributed by atoms with Gasteiger partial charge in [0.1, 0.15) is 6.10 Å². The molecule has 0 aromatic rings. The van der Waals surface area contributed by atoms with Gasteiger partial charge in [-0.25, -0.2) is 0 Å². The summed E-state index contributed by atoms with van der Waals surface area (Å²) in [5.41, 5.74) is 0. The van der Waals surface area contributed by atoms with Crippen molar-refractivity contribution < 1.29 is 18.9 Å². The highest BCUT2D eigenvalue weighted by atomic mass is 16.7. The molecule has 0 radical (unpaired) electrons. The van der Waals surface area contributed by atoms with Gasteiger partial charge in [0.05, 0.1) is 26.4 Å². The monoisotopic (exact) mass is 216 g/mol. The van der Waals surface area contributed by atoms with Crippen LogP contribution >= 0.6 is 0 Å². The van der Waals surface area contributed by atoms with Gasteiger partial charge in [-0.3, -0.25) is 0 Å². The van der Waals surface area contributed by atoms with E-state index in [1.54, 1.807) is 0 Å². The summed E-state index contributed by atoms with van der Waals surface area (Å²) in [6.45, 7) is 7.82. The van der Waals surface area contributed by atoms with E-state index < -0.39 is 5.79 Å². The van der Waals surface area contributed by atoms with Gasteiger partial charge in [0, 0.05) is 12.5 Å². The van der Waals surface area contributed by atoms with Crippen molar-refractivity contribution >= 4 is 0 Å². The molecule has 0 aromatic heterocycles. The molecular formula is C11H20O4. The third-order valence-electron chi connectivity index (χ3n) is 2.71. The van der Waals surface area contributed by atoms with E-state index in [1.165, 1.54) is 0 Å². The topological polar surface area (TPSA) is 40.2 Å². The van der Waals surface area contributed by atoms with Crippen LogP contribution in [-0.4, -0.2) is 44.9 Å². The molecule has 1 atom stereocenters. The molecular weight excluding hydrogens is 196 g/mol. The first-order chi connectivity index (χ1) is 7.16. The Morgan fingerprint density at radius 3 is 2.47 bits per heavy atom. The third-order valence-corrected chi connectivity index (χ3v) is 2.71. The fourth-order valence-corrected chi connectivity index (χ4v) is 1.52. The summed E-state index contributed by atoms with van der Waals surface area (Å²) in [6, 6.07) is 0. The van der Waals surface area contributed by atoms with E-state index in [-0.39, 0.29) is 0 Å². The van der Waals surface area contributed by atoms with Crippen LogP contribution in [0.1, 0.15) is 20.3 Å². The Bertz CT molecular complexity index is 191. The van der Waals surface area contributed by atoms with Gasteiger partial charge in [0.2, 0.25) is 0 Å². The molecule has 4 nitrogen and oxygen atoms in total. The zero-order valence-corrected chi connectivity index (χ0v) is 9.53. The van der Waals surface area contributed by atoms with Gasteiger partial charge in [-0.05, 0) is 20.3 Å². The highest BCUT2D eigenvalue weighted by Crippen LogP contribution is 2.22. The molecule has 2 saturated heterocycles. The number of epoxide rings is 1. The molecule has 0 spiro atoms. The minimum absolute atomic E-state index is 0.364. The second kappa shape index (κ2) is 4.78. The summed E-state index contributed by atoms with van der Waals surface area (Å²) in [4.78, 5) is 0. The van der Waals surface area contributed by atoms with Crippen molar-refractivity contribution in [3.05, 3.63) is 0 Å². The molecule has 88 valence electrons. The minimum Gasteiger partial charge on any atom is -0.379 e. The Kier molecular flexibility index (Phi) is 3.61. The van der Waals surface area contributed by atoms with Crippen LogP contribution in [0.2, 0.25) is 0 Å². The number of rotatable bonds is 5. The first-order valence-corrected chi connectivity index (χ1v) is 5.63. The lowest BCUT2D eigenvalue weighted by molar-refractivity contribution is -0.263. The van der Waals surface area contributed by atoms with Crippen molar-refractivity contribution in [2.75, 3.05) is 33.0 Å². The number of hydrogen-bond donors (Lipinski definition) is 0. The van der Waals surface area contributed by atoms with Crippen LogP contribution in [0.5, 0.6) is 0 Å². The Morgan fingerprint density at radius 1 is 1.20 bits per heavy atom. The summed E-state index contributed by atoms with van der Waals surface area (Å²) in [6.07, 6.45) is 1.37. The van der Waals surface area contributed by atoms with Gasteiger partial charge >= 0.3 is 0 Å². The van der Waals surface area contributed by atoms with Gasteiger partial charge < -0.3 is 18.9 Å². The Balaban J connectivity index is 1.52. The predicted molar refractivity (Wildman–Crippen MR) is 54.6 cm³/mol. The summed E-state index contributed by atoms with van der Waals surface area (Å²) in [5, 5.41) is 0. The fourth-order valence-electron chi connectivity index (χ4n) is 1.52. The maximum absolute atomic E-state index is 5.57. The van der Waals surface area contributed by atoms with Crippen molar-refractivity contribution in [3.63, 3.8) is 0 Å². The predicted octanol–water partition coefficient (Wildman–Crippen LogP) is 1.19. The van der Waals surface area contributed by atoms with Crippen LogP contribution in [0, 0.1) is 5.92 Å². The molecule has 0 aliphatic carbocycles. The summed E-state index contributed by atoms with van der Waals surface area (Å²) in [5.74, 6) is 0.0669. The Morgan fingerprint density at radius 2 is 1.87 bits per heavy atom. The SMILES string of the molecule is CC1(C)OCC(CCOCC2CO2)CO1. The smallest absolute Gasteiger partial charge is 0.162 e. The molecule has 2 heterocycles. The summed E-state index contributed by atoms with van der Waals surface area (Å²) >= 11 is 0. The first kappa shape index (κ1) is 11.3. The van der Waals surface area contributed by atoms with Crippen molar-refractivity contribution in [2.24, 2.45) is 5.92 Å². The lowest BCUT2D eigenvalue weighted by atomic mass is 10.1. The van der Waals surface area contributed by atoms with Crippen LogP contribution in [0.4, 0.5) is 0 Å². The van der Waals surface area contributed by atoms with Gasteiger partial charge in [0.25, 0.3) is 0 Å². The average molecular weight is 216 g/mol. The van der Waals surface area contributed by atoms with Crippen molar-refractivity contribution in [2.45, 2.75) is 32.2 Å². The molecule has 2 rings (SSSR count). The third kappa shape index (κ3) is 4.07. The van der Waals surface area contributed by atoms with Gasteiger partial charge in [-0.1, -0.05) is 0 Å². The average Bonchev–Trinajstić information content (AvgIpc) is 2.98. The van der Waals surface area contributed by atoms with E-state index >= 15 is 0 Å². The zero-order chi connectivity index (χ0) is 10.7. The first-order valence-electron chi connectivity index (χ1n) is 5.63. The molecule has 0 amide bonds. The summed E-state index contributed by atoms with van der Waals surface area (Å²) in [7, 11) is 0. The number of hydrogen-bond acceptors (Lipinski definition) is 4. The van der Waals surface area contributed by atoms with Crippen LogP contribution in [0.15, 0.2) is 0 Å². The van der Waals surface area contributed by atoms with E-state index in [9.17, 15) is 0 Å². The second-order valence-electron chi connectivity index (χ2n) is 4.71. The van der Waals surface area contributed by atoms with Crippen LogP contribution in [0.25, 0.3) is 0 Å². The highest BCUT2D eigenvalue weighted by molar-refractivity contribution is 4.69. The van der Waals surface area contributed by atoms with E-state index in [0.717, 1.165) is 39.5 Å². The highest BCUT2D eigenvalue weighted by Gasteiger charge is 2.28. The van der Waals surface area contributed by atoms with E-state index in [0.29, 0.717) is 12.0 Å². The van der Waals surface area contributed by atoms with Crippen LogP contribution < -0.4 is 0 Å². The molecule has 1 unspecified atom stereocenters. The fraction of sp³-hybridized carbons (Fsp3) is 1.00. The second-order valence-corrected chi connectivity index (χ2v) is 4.71. The lowest BCUT2D eigenvalue weighted by Gasteiger charge is -2.34. The molecule has 0 saturated carbocycles. The lowest BCUT2D eigenvalue weighted by Crippen LogP contribution is -2.39. The number of ether oxygens (including phenoxy) is 4. The molecule has 2 fully saturated rings. The van der Waals surface area contributed by atoms with Crippen molar-refractivity contribution in [3.8, 4) is 0 Å². The quantitative estimate of drug-likeness (QED) is 0.511. The molecule has 4 heteroatoms. The van der Waals surface area contributed by atoms with Crippen LogP contribution in [-0.2, 0) is 18.9 Å². The minimum atomic E-state index is -0.404. The van der Waals surface area contributed by atoms with Crippen molar-refractivity contribution in [1.29, 1.82) is 0 Å². The van der Waals surface area contributed by atoms with E-state index in [4.69, 9.17) is 18.9 Å². The Hall–Kier alpha value is -0.160. The molecule has 0 N–H and O–H groups in total.